The lowest BCUT2D eigenvalue weighted by molar-refractivity contribution is -0.0260. The second kappa shape index (κ2) is 5.23. The monoisotopic (exact) mass is 276 g/mol. The lowest BCUT2D eigenvalue weighted by Gasteiger charge is -2.43. The van der Waals surface area contributed by atoms with Crippen LogP contribution < -0.4 is 5.32 Å². The SMILES string of the molecule is CC(C)(C)OC(=O)N1CC(C2CNCC2C(F)F)C1. The van der Waals surface area contributed by atoms with E-state index in [0.717, 1.165) is 0 Å². The van der Waals surface area contributed by atoms with Gasteiger partial charge >= 0.3 is 6.09 Å². The molecule has 2 saturated heterocycles. The van der Waals surface area contributed by atoms with Gasteiger partial charge in [-0.1, -0.05) is 0 Å². The summed E-state index contributed by atoms with van der Waals surface area (Å²) in [6.07, 6.45) is -2.63. The van der Waals surface area contributed by atoms with Gasteiger partial charge in [0, 0.05) is 25.6 Å². The molecule has 2 heterocycles. The van der Waals surface area contributed by atoms with E-state index in [9.17, 15) is 13.6 Å². The molecule has 0 aliphatic carbocycles. The first-order valence-electron chi connectivity index (χ1n) is 6.74. The van der Waals surface area contributed by atoms with Crippen molar-refractivity contribution in [1.82, 2.24) is 10.2 Å². The van der Waals surface area contributed by atoms with Crippen molar-refractivity contribution in [2.24, 2.45) is 17.8 Å². The maximum absolute atomic E-state index is 12.8. The van der Waals surface area contributed by atoms with Gasteiger partial charge in [0.05, 0.1) is 0 Å². The molecule has 2 fully saturated rings. The van der Waals surface area contributed by atoms with E-state index in [2.05, 4.69) is 5.32 Å². The number of ether oxygens (including phenoxy) is 1. The first kappa shape index (κ1) is 14.5. The van der Waals surface area contributed by atoms with E-state index in [1.807, 2.05) is 20.8 Å². The lowest BCUT2D eigenvalue weighted by Crippen LogP contribution is -2.55. The van der Waals surface area contributed by atoms with Gasteiger partial charge in [0.25, 0.3) is 0 Å². The Morgan fingerprint density at radius 2 is 1.95 bits per heavy atom. The molecule has 0 aromatic heterocycles. The van der Waals surface area contributed by atoms with Crippen molar-refractivity contribution in [3.63, 3.8) is 0 Å². The number of nitrogens with zero attached hydrogens (tertiary/aromatic N) is 1. The van der Waals surface area contributed by atoms with Crippen LogP contribution in [0.15, 0.2) is 0 Å². The third-order valence-corrected chi connectivity index (χ3v) is 3.80. The zero-order valence-corrected chi connectivity index (χ0v) is 11.7. The Kier molecular flexibility index (Phi) is 3.99. The zero-order chi connectivity index (χ0) is 14.2. The highest BCUT2D eigenvalue weighted by atomic mass is 19.3. The molecule has 2 unspecified atom stereocenters. The highest BCUT2D eigenvalue weighted by Crippen LogP contribution is 2.35. The molecule has 19 heavy (non-hydrogen) atoms. The van der Waals surface area contributed by atoms with E-state index in [-0.39, 0.29) is 17.9 Å². The molecular weight excluding hydrogens is 254 g/mol. The summed E-state index contributed by atoms with van der Waals surface area (Å²) in [5.41, 5.74) is -0.511. The topological polar surface area (TPSA) is 41.6 Å². The molecule has 0 radical (unpaired) electrons. The van der Waals surface area contributed by atoms with Crippen LogP contribution in [0.1, 0.15) is 20.8 Å². The molecule has 4 nitrogen and oxygen atoms in total. The molecule has 2 atom stereocenters. The summed E-state index contributed by atoms with van der Waals surface area (Å²) in [7, 11) is 0. The molecule has 1 amide bonds. The van der Waals surface area contributed by atoms with Gasteiger partial charge in [-0.3, -0.25) is 0 Å². The predicted molar refractivity (Wildman–Crippen MR) is 67.2 cm³/mol. The minimum absolute atomic E-state index is 0.0290. The molecule has 2 rings (SSSR count). The van der Waals surface area contributed by atoms with Gasteiger partial charge in [-0.05, 0) is 39.2 Å². The first-order chi connectivity index (χ1) is 8.78. The lowest BCUT2D eigenvalue weighted by atomic mass is 9.79. The highest BCUT2D eigenvalue weighted by molar-refractivity contribution is 5.69. The second-order valence-electron chi connectivity index (χ2n) is 6.47. The Balaban J connectivity index is 1.81. The van der Waals surface area contributed by atoms with E-state index in [0.29, 0.717) is 26.2 Å². The summed E-state index contributed by atoms with van der Waals surface area (Å²) in [5, 5.41) is 3.02. The third kappa shape index (κ3) is 3.35. The number of alkyl halides is 2. The van der Waals surface area contributed by atoms with Gasteiger partial charge in [-0.25, -0.2) is 13.6 Å². The normalized spacial score (nSPS) is 28.6. The Labute approximate surface area is 112 Å². The molecule has 0 bridgehead atoms. The molecule has 0 aromatic carbocycles. The fourth-order valence-electron chi connectivity index (χ4n) is 2.77. The summed E-state index contributed by atoms with van der Waals surface area (Å²) in [6.45, 7) is 7.52. The zero-order valence-electron chi connectivity index (χ0n) is 11.7. The second-order valence-corrected chi connectivity index (χ2v) is 6.47. The molecule has 0 spiro atoms. The van der Waals surface area contributed by atoms with Gasteiger partial charge in [0.15, 0.2) is 0 Å². The molecule has 0 saturated carbocycles. The third-order valence-electron chi connectivity index (χ3n) is 3.80. The average Bonchev–Trinajstić information content (AvgIpc) is 2.60. The largest absolute Gasteiger partial charge is 0.444 e. The smallest absolute Gasteiger partial charge is 0.410 e. The van der Waals surface area contributed by atoms with Crippen molar-refractivity contribution in [2.45, 2.75) is 32.8 Å². The Morgan fingerprint density at radius 3 is 2.47 bits per heavy atom. The number of hydrogen-bond donors (Lipinski definition) is 1. The summed E-state index contributed by atoms with van der Waals surface area (Å²) >= 11 is 0. The summed E-state index contributed by atoms with van der Waals surface area (Å²) in [5.74, 6) is -0.439. The fourth-order valence-corrected chi connectivity index (χ4v) is 2.77. The molecular formula is C13H22F2N2O2. The number of nitrogens with one attached hydrogen (secondary N) is 1. The standard InChI is InChI=1S/C13H22F2N2O2/c1-13(2,3)19-12(18)17-6-8(7-17)9-4-16-5-10(9)11(14)15/h8-11,16H,4-7H2,1-3H3. The maximum Gasteiger partial charge on any atom is 0.410 e. The van der Waals surface area contributed by atoms with Crippen molar-refractivity contribution in [3.05, 3.63) is 0 Å². The number of carbonyl (C=O) groups is 1. The molecule has 1 N–H and O–H groups in total. The van der Waals surface area contributed by atoms with Gasteiger partial charge in [0.2, 0.25) is 6.43 Å². The summed E-state index contributed by atoms with van der Waals surface area (Å²) in [6, 6.07) is 0. The van der Waals surface area contributed by atoms with E-state index < -0.39 is 17.9 Å². The number of likely N-dealkylation sites (tertiary alicyclic amines) is 1. The van der Waals surface area contributed by atoms with Crippen molar-refractivity contribution in [2.75, 3.05) is 26.2 Å². The predicted octanol–water partition coefficient (Wildman–Crippen LogP) is 1.95. The van der Waals surface area contributed by atoms with Gasteiger partial charge in [-0.15, -0.1) is 0 Å². The Bertz CT molecular complexity index is 338. The minimum atomic E-state index is -2.28. The van der Waals surface area contributed by atoms with Crippen molar-refractivity contribution >= 4 is 6.09 Å². The number of rotatable bonds is 2. The van der Waals surface area contributed by atoms with Crippen LogP contribution in [0.4, 0.5) is 13.6 Å². The quantitative estimate of drug-likeness (QED) is 0.838. The fraction of sp³-hybridized carbons (Fsp3) is 0.923. The van der Waals surface area contributed by atoms with E-state index >= 15 is 0 Å². The van der Waals surface area contributed by atoms with Crippen LogP contribution in [0.5, 0.6) is 0 Å². The van der Waals surface area contributed by atoms with E-state index in [1.54, 1.807) is 4.90 Å². The van der Waals surface area contributed by atoms with Gasteiger partial charge in [0.1, 0.15) is 5.60 Å². The molecule has 0 aromatic rings. The van der Waals surface area contributed by atoms with E-state index in [4.69, 9.17) is 4.74 Å². The maximum atomic E-state index is 12.8. The van der Waals surface area contributed by atoms with E-state index in [1.165, 1.54) is 0 Å². The number of hydrogen-bond acceptors (Lipinski definition) is 3. The van der Waals surface area contributed by atoms with Crippen LogP contribution in [-0.2, 0) is 4.74 Å². The molecule has 110 valence electrons. The van der Waals surface area contributed by atoms with Crippen LogP contribution in [0, 0.1) is 17.8 Å². The average molecular weight is 276 g/mol. The van der Waals surface area contributed by atoms with Crippen molar-refractivity contribution in [1.29, 1.82) is 0 Å². The van der Waals surface area contributed by atoms with Gasteiger partial charge < -0.3 is 15.0 Å². The first-order valence-corrected chi connectivity index (χ1v) is 6.74. The minimum Gasteiger partial charge on any atom is -0.444 e. The number of carbonyl (C=O) groups excluding carboxylic acids is 1. The number of halogens is 2. The molecule has 6 heteroatoms. The number of amides is 1. The van der Waals surface area contributed by atoms with Crippen LogP contribution in [0.3, 0.4) is 0 Å². The Hall–Kier alpha value is -0.910. The molecule has 2 aliphatic heterocycles. The van der Waals surface area contributed by atoms with Gasteiger partial charge in [-0.2, -0.15) is 0 Å². The van der Waals surface area contributed by atoms with Crippen molar-refractivity contribution < 1.29 is 18.3 Å². The summed E-state index contributed by atoms with van der Waals surface area (Å²) < 4.78 is 30.9. The highest BCUT2D eigenvalue weighted by Gasteiger charge is 2.45. The van der Waals surface area contributed by atoms with Crippen LogP contribution >= 0.6 is 0 Å². The van der Waals surface area contributed by atoms with Crippen molar-refractivity contribution in [3.8, 4) is 0 Å². The van der Waals surface area contributed by atoms with Crippen LogP contribution in [0.2, 0.25) is 0 Å². The van der Waals surface area contributed by atoms with Crippen LogP contribution in [0.25, 0.3) is 0 Å². The Morgan fingerprint density at radius 1 is 1.32 bits per heavy atom. The summed E-state index contributed by atoms with van der Waals surface area (Å²) in [4.78, 5) is 13.4. The molecule has 2 aliphatic rings. The van der Waals surface area contributed by atoms with Crippen LogP contribution in [-0.4, -0.2) is 49.2 Å².